The van der Waals surface area contributed by atoms with Crippen LogP contribution in [-0.2, 0) is 24.3 Å². The zero-order chi connectivity index (χ0) is 21.1. The predicted octanol–water partition coefficient (Wildman–Crippen LogP) is 1.70. The number of carbonyl (C=O) groups is 1. The summed E-state index contributed by atoms with van der Waals surface area (Å²) in [5.74, 6) is 2.49. The molecule has 0 aliphatic carbocycles. The number of rotatable bonds is 6. The standard InChI is InChI=1S/C22H30N4O4/c1-16-10-19(23-30-16)14-24-6-8-25(9-7-24)15-22(27)26-5-4-17-11-20(28-2)21(29-3)12-18(17)13-26/h10-12H,4-9,13-15H2,1-3H3. The summed E-state index contributed by atoms with van der Waals surface area (Å²) in [6.45, 7) is 8.18. The van der Waals surface area contributed by atoms with Crippen LogP contribution in [0.1, 0.15) is 22.6 Å². The van der Waals surface area contributed by atoms with Crippen LogP contribution < -0.4 is 9.47 Å². The van der Waals surface area contributed by atoms with Crippen molar-refractivity contribution in [3.8, 4) is 11.5 Å². The van der Waals surface area contributed by atoms with Crippen molar-refractivity contribution in [2.45, 2.75) is 26.4 Å². The summed E-state index contributed by atoms with van der Waals surface area (Å²) in [7, 11) is 3.29. The molecule has 8 heteroatoms. The highest BCUT2D eigenvalue weighted by atomic mass is 16.5. The quantitative estimate of drug-likeness (QED) is 0.713. The Morgan fingerprint density at radius 3 is 2.30 bits per heavy atom. The van der Waals surface area contributed by atoms with Gasteiger partial charge in [-0.3, -0.25) is 14.6 Å². The van der Waals surface area contributed by atoms with Crippen molar-refractivity contribution in [1.29, 1.82) is 0 Å². The fraction of sp³-hybridized carbons (Fsp3) is 0.545. The number of methoxy groups -OCH3 is 2. The van der Waals surface area contributed by atoms with Crippen molar-refractivity contribution in [2.75, 3.05) is 53.5 Å². The summed E-state index contributed by atoms with van der Waals surface area (Å²) >= 11 is 0. The zero-order valence-electron chi connectivity index (χ0n) is 18.0. The maximum Gasteiger partial charge on any atom is 0.237 e. The van der Waals surface area contributed by atoms with E-state index in [0.717, 1.165) is 68.5 Å². The molecular weight excluding hydrogens is 384 g/mol. The molecule has 0 bridgehead atoms. The van der Waals surface area contributed by atoms with Gasteiger partial charge >= 0.3 is 0 Å². The Hall–Kier alpha value is -2.58. The lowest BCUT2D eigenvalue weighted by Crippen LogP contribution is -2.50. The first-order valence-corrected chi connectivity index (χ1v) is 10.4. The summed E-state index contributed by atoms with van der Waals surface area (Å²) < 4.78 is 16.0. The molecule has 1 aromatic carbocycles. The van der Waals surface area contributed by atoms with E-state index in [0.29, 0.717) is 18.8 Å². The van der Waals surface area contributed by atoms with E-state index in [1.54, 1.807) is 14.2 Å². The Morgan fingerprint density at radius 2 is 1.67 bits per heavy atom. The van der Waals surface area contributed by atoms with Gasteiger partial charge < -0.3 is 18.9 Å². The number of aryl methyl sites for hydroxylation is 1. The molecule has 3 heterocycles. The van der Waals surface area contributed by atoms with E-state index >= 15 is 0 Å². The Kier molecular flexibility index (Phi) is 6.24. The van der Waals surface area contributed by atoms with Gasteiger partial charge in [0.1, 0.15) is 5.76 Å². The van der Waals surface area contributed by atoms with E-state index in [4.69, 9.17) is 14.0 Å². The molecule has 2 aliphatic heterocycles. The van der Waals surface area contributed by atoms with Gasteiger partial charge in [-0.1, -0.05) is 5.16 Å². The summed E-state index contributed by atoms with van der Waals surface area (Å²) in [5, 5.41) is 4.07. The van der Waals surface area contributed by atoms with Crippen LogP contribution >= 0.6 is 0 Å². The van der Waals surface area contributed by atoms with Crippen LogP contribution in [0.25, 0.3) is 0 Å². The van der Waals surface area contributed by atoms with Crippen LogP contribution in [-0.4, -0.2) is 79.3 Å². The smallest absolute Gasteiger partial charge is 0.237 e. The summed E-state index contributed by atoms with van der Waals surface area (Å²) in [4.78, 5) is 19.5. The van der Waals surface area contributed by atoms with Crippen LogP contribution in [0.5, 0.6) is 11.5 Å². The monoisotopic (exact) mass is 414 g/mol. The molecule has 1 saturated heterocycles. The second-order valence-corrected chi connectivity index (χ2v) is 8.02. The van der Waals surface area contributed by atoms with Crippen LogP contribution in [0.3, 0.4) is 0 Å². The molecule has 8 nitrogen and oxygen atoms in total. The molecule has 1 fully saturated rings. The van der Waals surface area contributed by atoms with E-state index in [1.807, 2.05) is 30.0 Å². The van der Waals surface area contributed by atoms with Gasteiger partial charge in [-0.05, 0) is 36.6 Å². The van der Waals surface area contributed by atoms with Gasteiger partial charge in [-0.25, -0.2) is 0 Å². The fourth-order valence-electron chi connectivity index (χ4n) is 4.21. The van der Waals surface area contributed by atoms with E-state index in [9.17, 15) is 4.79 Å². The third kappa shape index (κ3) is 4.60. The first-order valence-electron chi connectivity index (χ1n) is 10.4. The maximum atomic E-state index is 12.9. The molecule has 0 radical (unpaired) electrons. The first-order chi connectivity index (χ1) is 14.6. The summed E-state index contributed by atoms with van der Waals surface area (Å²) in [6.07, 6.45) is 0.840. The van der Waals surface area contributed by atoms with Gasteiger partial charge in [0.25, 0.3) is 0 Å². The lowest BCUT2D eigenvalue weighted by Gasteiger charge is -2.36. The first kappa shape index (κ1) is 20.7. The van der Waals surface area contributed by atoms with E-state index < -0.39 is 0 Å². The highest BCUT2D eigenvalue weighted by molar-refractivity contribution is 5.78. The molecule has 4 rings (SSSR count). The topological polar surface area (TPSA) is 71.3 Å². The summed E-state index contributed by atoms with van der Waals surface area (Å²) in [5.41, 5.74) is 3.34. The molecule has 0 N–H and O–H groups in total. The molecule has 2 aliphatic rings. The van der Waals surface area contributed by atoms with E-state index in [-0.39, 0.29) is 5.91 Å². The number of aromatic nitrogens is 1. The fourth-order valence-corrected chi connectivity index (χ4v) is 4.21. The van der Waals surface area contributed by atoms with Crippen LogP contribution in [0, 0.1) is 6.92 Å². The minimum Gasteiger partial charge on any atom is -0.493 e. The molecule has 1 aromatic heterocycles. The number of nitrogens with zero attached hydrogens (tertiary/aromatic N) is 4. The third-order valence-electron chi connectivity index (χ3n) is 5.96. The summed E-state index contributed by atoms with van der Waals surface area (Å²) in [6, 6.07) is 6.01. The van der Waals surface area contributed by atoms with Gasteiger partial charge in [0, 0.05) is 51.9 Å². The average molecular weight is 415 g/mol. The Balaban J connectivity index is 1.29. The molecular formula is C22H30N4O4. The number of piperazine rings is 1. The van der Waals surface area contributed by atoms with Gasteiger partial charge in [0.2, 0.25) is 5.91 Å². The number of hydrogen-bond donors (Lipinski definition) is 0. The maximum absolute atomic E-state index is 12.9. The molecule has 162 valence electrons. The molecule has 0 unspecified atom stereocenters. The third-order valence-corrected chi connectivity index (χ3v) is 5.96. The minimum atomic E-state index is 0.191. The molecule has 30 heavy (non-hydrogen) atoms. The van der Waals surface area contributed by atoms with Gasteiger partial charge in [-0.2, -0.15) is 0 Å². The predicted molar refractivity (Wildman–Crippen MR) is 112 cm³/mol. The van der Waals surface area contributed by atoms with E-state index in [1.165, 1.54) is 5.56 Å². The highest BCUT2D eigenvalue weighted by Gasteiger charge is 2.26. The van der Waals surface area contributed by atoms with E-state index in [2.05, 4.69) is 15.0 Å². The normalized spacial score (nSPS) is 17.6. The highest BCUT2D eigenvalue weighted by Crippen LogP contribution is 2.33. The van der Waals surface area contributed by atoms with Crippen LogP contribution in [0.4, 0.5) is 0 Å². The van der Waals surface area contributed by atoms with Crippen molar-refractivity contribution in [3.05, 3.63) is 40.8 Å². The number of fused-ring (bicyclic) bond motifs is 1. The van der Waals surface area contributed by atoms with Gasteiger partial charge in [-0.15, -0.1) is 0 Å². The zero-order valence-corrected chi connectivity index (χ0v) is 18.0. The molecule has 1 amide bonds. The van der Waals surface area contributed by atoms with Crippen LogP contribution in [0.2, 0.25) is 0 Å². The average Bonchev–Trinajstić information content (AvgIpc) is 3.18. The van der Waals surface area contributed by atoms with Crippen LogP contribution in [0.15, 0.2) is 22.7 Å². The second kappa shape index (κ2) is 9.06. The Bertz CT molecular complexity index is 889. The Labute approximate surface area is 177 Å². The number of ether oxygens (including phenoxy) is 2. The number of hydrogen-bond acceptors (Lipinski definition) is 7. The van der Waals surface area contributed by atoms with Crippen molar-refractivity contribution in [3.63, 3.8) is 0 Å². The molecule has 0 saturated carbocycles. The van der Waals surface area contributed by atoms with Crippen molar-refractivity contribution >= 4 is 5.91 Å². The van der Waals surface area contributed by atoms with Crippen molar-refractivity contribution in [2.24, 2.45) is 0 Å². The number of amides is 1. The van der Waals surface area contributed by atoms with Crippen molar-refractivity contribution in [1.82, 2.24) is 19.9 Å². The molecule has 2 aromatic rings. The largest absolute Gasteiger partial charge is 0.493 e. The second-order valence-electron chi connectivity index (χ2n) is 8.02. The molecule has 0 atom stereocenters. The minimum absolute atomic E-state index is 0.191. The number of carbonyl (C=O) groups excluding carboxylic acids is 1. The Morgan fingerprint density at radius 1 is 1.00 bits per heavy atom. The molecule has 0 spiro atoms. The van der Waals surface area contributed by atoms with Crippen molar-refractivity contribution < 1.29 is 18.8 Å². The van der Waals surface area contributed by atoms with Gasteiger partial charge in [0.15, 0.2) is 11.5 Å². The lowest BCUT2D eigenvalue weighted by molar-refractivity contribution is -0.133. The number of benzene rings is 1. The van der Waals surface area contributed by atoms with Gasteiger partial charge in [0.05, 0.1) is 26.5 Å². The lowest BCUT2D eigenvalue weighted by atomic mass is 9.98. The SMILES string of the molecule is COc1cc2c(cc1OC)CN(C(=O)CN1CCN(Cc3cc(C)on3)CC1)CC2.